The molecule has 0 amide bonds. The lowest BCUT2D eigenvalue weighted by molar-refractivity contribution is -0.141. The van der Waals surface area contributed by atoms with E-state index in [0.29, 0.717) is 0 Å². The second-order valence-electron chi connectivity index (χ2n) is 5.87. The van der Waals surface area contributed by atoms with Crippen molar-refractivity contribution in [2.45, 2.75) is 6.18 Å². The van der Waals surface area contributed by atoms with Crippen LogP contribution in [0.25, 0.3) is 16.9 Å². The molecule has 0 fully saturated rings. The number of anilines is 1. The van der Waals surface area contributed by atoms with E-state index in [1.54, 1.807) is 0 Å². The van der Waals surface area contributed by atoms with Crippen molar-refractivity contribution in [1.29, 1.82) is 0 Å². The highest BCUT2D eigenvalue weighted by molar-refractivity contribution is 7.92. The van der Waals surface area contributed by atoms with Gasteiger partial charge < -0.3 is 0 Å². The monoisotopic (exact) mass is 417 g/mol. The summed E-state index contributed by atoms with van der Waals surface area (Å²) in [5, 5.41) is 3.47. The van der Waals surface area contributed by atoms with E-state index in [1.165, 1.54) is 24.3 Å². The van der Waals surface area contributed by atoms with Crippen LogP contribution in [0.1, 0.15) is 5.69 Å². The first-order chi connectivity index (χ1) is 12.9. The number of benzene rings is 2. The number of hydrogen-bond donors (Lipinski definition) is 1. The van der Waals surface area contributed by atoms with Gasteiger partial charge in [0.25, 0.3) is 0 Å². The van der Waals surface area contributed by atoms with Gasteiger partial charge in [-0.15, -0.1) is 0 Å². The Morgan fingerprint density at radius 3 is 2.14 bits per heavy atom. The molecule has 0 aliphatic rings. The molecule has 28 heavy (non-hydrogen) atoms. The van der Waals surface area contributed by atoms with Gasteiger partial charge in [0.05, 0.1) is 17.6 Å². The second kappa shape index (κ2) is 6.89. The van der Waals surface area contributed by atoms with Crippen LogP contribution in [0.5, 0.6) is 0 Å². The van der Waals surface area contributed by atoms with Crippen LogP contribution < -0.4 is 4.72 Å². The first-order valence-corrected chi connectivity index (χ1v) is 9.54. The van der Waals surface area contributed by atoms with Crippen molar-refractivity contribution in [3.8, 4) is 16.9 Å². The smallest absolute Gasteiger partial charge is 0.284 e. The highest BCUT2D eigenvalue weighted by Crippen LogP contribution is 2.33. The van der Waals surface area contributed by atoms with E-state index in [1.807, 2.05) is 0 Å². The molecule has 0 radical (unpaired) electrons. The first-order valence-electron chi connectivity index (χ1n) is 7.65. The lowest BCUT2D eigenvalue weighted by Crippen LogP contribution is -2.09. The minimum Gasteiger partial charge on any atom is -0.284 e. The minimum absolute atomic E-state index is 0.0377. The summed E-state index contributed by atoms with van der Waals surface area (Å²) in [7, 11) is -3.52. The number of rotatable bonds is 4. The summed E-state index contributed by atoms with van der Waals surface area (Å²) >= 11 is 0. The van der Waals surface area contributed by atoms with Crippen molar-refractivity contribution < 1.29 is 30.4 Å². The average Bonchev–Trinajstić information content (AvgIpc) is 3.02. The summed E-state index contributed by atoms with van der Waals surface area (Å²) in [4.78, 5) is 0. The summed E-state index contributed by atoms with van der Waals surface area (Å²) in [6.45, 7) is 0. The lowest BCUT2D eigenvalue weighted by atomic mass is 10.1. The fraction of sp³-hybridized carbons (Fsp3) is 0.118. The van der Waals surface area contributed by atoms with Crippen molar-refractivity contribution in [3.05, 3.63) is 65.9 Å². The molecule has 0 spiro atoms. The summed E-state index contributed by atoms with van der Waals surface area (Å²) in [5.41, 5.74) is -0.898. The van der Waals surface area contributed by atoms with E-state index in [4.69, 9.17) is 0 Å². The van der Waals surface area contributed by atoms with Crippen LogP contribution in [-0.4, -0.2) is 24.5 Å². The van der Waals surface area contributed by atoms with Crippen LogP contribution in [0.4, 0.5) is 27.6 Å². The predicted molar refractivity (Wildman–Crippen MR) is 92.4 cm³/mol. The summed E-state index contributed by atoms with van der Waals surface area (Å²) in [6, 6.07) is 8.82. The molecule has 1 aromatic heterocycles. The van der Waals surface area contributed by atoms with Crippen LogP contribution in [0, 0.1) is 11.6 Å². The number of aromatic nitrogens is 2. The summed E-state index contributed by atoms with van der Waals surface area (Å²) in [6.07, 6.45) is -3.80. The van der Waals surface area contributed by atoms with Gasteiger partial charge in [0, 0.05) is 17.3 Å². The normalized spacial score (nSPS) is 12.2. The van der Waals surface area contributed by atoms with Gasteiger partial charge in [-0.3, -0.25) is 4.72 Å². The Kier molecular flexibility index (Phi) is 4.88. The molecule has 0 aliphatic carbocycles. The third-order valence-corrected chi connectivity index (χ3v) is 4.24. The molecule has 0 bridgehead atoms. The minimum atomic E-state index is -4.75. The van der Waals surface area contributed by atoms with E-state index in [-0.39, 0.29) is 22.6 Å². The van der Waals surface area contributed by atoms with Crippen molar-refractivity contribution in [1.82, 2.24) is 9.78 Å². The maximum atomic E-state index is 13.5. The Morgan fingerprint density at radius 2 is 1.61 bits per heavy atom. The van der Waals surface area contributed by atoms with Crippen LogP contribution in [0.15, 0.2) is 48.5 Å². The molecule has 0 aliphatic heterocycles. The van der Waals surface area contributed by atoms with Crippen molar-refractivity contribution in [2.24, 2.45) is 0 Å². The maximum Gasteiger partial charge on any atom is 0.435 e. The van der Waals surface area contributed by atoms with Gasteiger partial charge in [-0.1, -0.05) is 12.1 Å². The molecule has 11 heteroatoms. The first kappa shape index (κ1) is 19.8. The SMILES string of the molecule is CS(=O)(=O)Nc1ccc(-c2cc(C(F)(F)F)nn2-c2ccc(F)c(F)c2)cc1. The zero-order chi connectivity index (χ0) is 20.7. The zero-order valence-electron chi connectivity index (χ0n) is 14.1. The standard InChI is InChI=1S/C17H12F5N3O2S/c1-28(26,27)24-11-4-2-10(3-5-11)15-9-16(17(20,21)22)23-25(15)12-6-7-13(18)14(19)8-12/h2-9,24H,1H3. The maximum absolute atomic E-state index is 13.5. The molecule has 3 aromatic rings. The van der Waals surface area contributed by atoms with Gasteiger partial charge in [-0.05, 0) is 30.3 Å². The van der Waals surface area contributed by atoms with Crippen molar-refractivity contribution in [3.63, 3.8) is 0 Å². The van der Waals surface area contributed by atoms with Crippen molar-refractivity contribution in [2.75, 3.05) is 11.0 Å². The number of halogens is 5. The topological polar surface area (TPSA) is 64.0 Å². The van der Waals surface area contributed by atoms with Crippen LogP contribution in [0.3, 0.4) is 0 Å². The fourth-order valence-corrected chi connectivity index (χ4v) is 3.03. The molecule has 148 valence electrons. The number of alkyl halides is 3. The Morgan fingerprint density at radius 1 is 0.964 bits per heavy atom. The molecule has 5 nitrogen and oxygen atoms in total. The zero-order valence-corrected chi connectivity index (χ0v) is 14.9. The molecule has 0 saturated heterocycles. The lowest BCUT2D eigenvalue weighted by Gasteiger charge is -2.09. The molecule has 2 aromatic carbocycles. The highest BCUT2D eigenvalue weighted by atomic mass is 32.2. The summed E-state index contributed by atoms with van der Waals surface area (Å²) < 4.78 is 91.6. The van der Waals surface area contributed by atoms with Gasteiger partial charge in [0.1, 0.15) is 0 Å². The molecule has 3 rings (SSSR count). The van der Waals surface area contributed by atoms with E-state index in [2.05, 4.69) is 9.82 Å². The third kappa shape index (κ3) is 4.30. The molecular formula is C17H12F5N3O2S. The highest BCUT2D eigenvalue weighted by Gasteiger charge is 2.35. The van der Waals surface area contributed by atoms with E-state index < -0.39 is 33.5 Å². The molecular weight excluding hydrogens is 405 g/mol. The average molecular weight is 417 g/mol. The Hall–Kier alpha value is -2.95. The summed E-state index contributed by atoms with van der Waals surface area (Å²) in [5.74, 6) is -2.38. The quantitative estimate of drug-likeness (QED) is 0.647. The van der Waals surface area contributed by atoms with Gasteiger partial charge in [-0.25, -0.2) is 21.9 Å². The molecule has 0 unspecified atom stereocenters. The Bertz CT molecular complexity index is 1120. The van der Waals surface area contributed by atoms with Crippen LogP contribution in [0.2, 0.25) is 0 Å². The Balaban J connectivity index is 2.11. The van der Waals surface area contributed by atoms with Crippen LogP contribution >= 0.6 is 0 Å². The van der Waals surface area contributed by atoms with E-state index >= 15 is 0 Å². The van der Waals surface area contributed by atoms with Crippen molar-refractivity contribution >= 4 is 15.7 Å². The third-order valence-electron chi connectivity index (χ3n) is 3.63. The predicted octanol–water partition coefficient (Wildman–Crippen LogP) is 4.21. The van der Waals surface area contributed by atoms with Gasteiger partial charge in [0.2, 0.25) is 10.0 Å². The largest absolute Gasteiger partial charge is 0.435 e. The van der Waals surface area contributed by atoms with Gasteiger partial charge in [-0.2, -0.15) is 18.3 Å². The van der Waals surface area contributed by atoms with Crippen LogP contribution in [-0.2, 0) is 16.2 Å². The van der Waals surface area contributed by atoms with E-state index in [9.17, 15) is 30.4 Å². The second-order valence-corrected chi connectivity index (χ2v) is 7.62. The molecule has 0 saturated carbocycles. The Labute approximate surface area is 156 Å². The van der Waals surface area contributed by atoms with Gasteiger partial charge in [0.15, 0.2) is 17.3 Å². The molecule has 1 N–H and O–H groups in total. The van der Waals surface area contributed by atoms with E-state index in [0.717, 1.165) is 35.2 Å². The molecule has 0 atom stereocenters. The number of nitrogens with zero attached hydrogens (tertiary/aromatic N) is 2. The molecule has 1 heterocycles. The fourth-order valence-electron chi connectivity index (χ4n) is 2.46. The number of nitrogens with one attached hydrogen (secondary N) is 1. The number of hydrogen-bond acceptors (Lipinski definition) is 3. The van der Waals surface area contributed by atoms with Gasteiger partial charge >= 0.3 is 6.18 Å². The number of sulfonamides is 1.